The molecule has 0 saturated heterocycles. The Hall–Kier alpha value is -2.13. The van der Waals surface area contributed by atoms with Crippen LogP contribution in [0.4, 0.5) is 0 Å². The highest BCUT2D eigenvalue weighted by molar-refractivity contribution is 5.77. The molecule has 0 saturated carbocycles. The SMILES string of the molecule is CCC(N)CC(=O)NC(c1ccccc1)c1ccccc1. The summed E-state index contributed by atoms with van der Waals surface area (Å²) in [6, 6.07) is 19.8. The molecule has 0 aliphatic rings. The van der Waals surface area contributed by atoms with Crippen molar-refractivity contribution in [1.29, 1.82) is 0 Å². The van der Waals surface area contributed by atoms with E-state index in [1.54, 1.807) is 0 Å². The van der Waals surface area contributed by atoms with Gasteiger partial charge in [0.1, 0.15) is 0 Å². The molecule has 3 N–H and O–H groups in total. The zero-order chi connectivity index (χ0) is 15.1. The topological polar surface area (TPSA) is 55.1 Å². The fourth-order valence-electron chi connectivity index (χ4n) is 2.25. The number of rotatable bonds is 6. The van der Waals surface area contributed by atoms with Crippen LogP contribution in [0.1, 0.15) is 36.9 Å². The summed E-state index contributed by atoms with van der Waals surface area (Å²) in [7, 11) is 0. The van der Waals surface area contributed by atoms with Crippen LogP contribution < -0.4 is 11.1 Å². The van der Waals surface area contributed by atoms with Gasteiger partial charge in [-0.05, 0) is 17.5 Å². The van der Waals surface area contributed by atoms with Gasteiger partial charge < -0.3 is 11.1 Å². The minimum Gasteiger partial charge on any atom is -0.345 e. The zero-order valence-electron chi connectivity index (χ0n) is 12.3. The number of hydrogen-bond acceptors (Lipinski definition) is 2. The predicted molar refractivity (Wildman–Crippen MR) is 85.8 cm³/mol. The lowest BCUT2D eigenvalue weighted by Gasteiger charge is -2.21. The van der Waals surface area contributed by atoms with Crippen LogP contribution in [-0.2, 0) is 4.79 Å². The van der Waals surface area contributed by atoms with E-state index in [1.165, 1.54) is 0 Å². The van der Waals surface area contributed by atoms with Crippen molar-refractivity contribution in [3.63, 3.8) is 0 Å². The third-order valence-electron chi connectivity index (χ3n) is 3.54. The van der Waals surface area contributed by atoms with Crippen molar-refractivity contribution in [2.24, 2.45) is 5.73 Å². The quantitative estimate of drug-likeness (QED) is 0.855. The van der Waals surface area contributed by atoms with Crippen LogP contribution in [0.15, 0.2) is 60.7 Å². The van der Waals surface area contributed by atoms with Crippen LogP contribution >= 0.6 is 0 Å². The van der Waals surface area contributed by atoms with Crippen LogP contribution in [-0.4, -0.2) is 11.9 Å². The van der Waals surface area contributed by atoms with Crippen molar-refractivity contribution in [2.75, 3.05) is 0 Å². The molecule has 1 atom stereocenters. The van der Waals surface area contributed by atoms with Crippen LogP contribution in [0.2, 0.25) is 0 Å². The zero-order valence-corrected chi connectivity index (χ0v) is 12.3. The number of nitrogens with two attached hydrogens (primary N) is 1. The van der Waals surface area contributed by atoms with E-state index >= 15 is 0 Å². The van der Waals surface area contributed by atoms with Gasteiger partial charge in [0.15, 0.2) is 0 Å². The fraction of sp³-hybridized carbons (Fsp3) is 0.278. The lowest BCUT2D eigenvalue weighted by atomic mass is 9.98. The Bertz CT molecular complexity index is 514. The molecule has 0 bridgehead atoms. The van der Waals surface area contributed by atoms with Gasteiger partial charge in [0.2, 0.25) is 5.91 Å². The first-order valence-electron chi connectivity index (χ1n) is 7.35. The van der Waals surface area contributed by atoms with Gasteiger partial charge in [-0.1, -0.05) is 67.6 Å². The van der Waals surface area contributed by atoms with E-state index in [2.05, 4.69) is 5.32 Å². The lowest BCUT2D eigenvalue weighted by molar-refractivity contribution is -0.121. The maximum absolute atomic E-state index is 12.2. The van der Waals surface area contributed by atoms with Crippen molar-refractivity contribution in [3.05, 3.63) is 71.8 Å². The molecule has 1 amide bonds. The van der Waals surface area contributed by atoms with Gasteiger partial charge in [-0.25, -0.2) is 0 Å². The molecule has 0 aliphatic carbocycles. The van der Waals surface area contributed by atoms with E-state index in [-0.39, 0.29) is 18.0 Å². The lowest BCUT2D eigenvalue weighted by Crippen LogP contribution is -2.34. The summed E-state index contributed by atoms with van der Waals surface area (Å²) in [6.07, 6.45) is 1.15. The summed E-state index contributed by atoms with van der Waals surface area (Å²) in [5, 5.41) is 3.10. The minimum absolute atomic E-state index is 0.0120. The average molecular weight is 282 g/mol. The molecule has 2 aromatic carbocycles. The third kappa shape index (κ3) is 4.43. The number of carbonyl (C=O) groups excluding carboxylic acids is 1. The molecule has 0 fully saturated rings. The van der Waals surface area contributed by atoms with E-state index < -0.39 is 0 Å². The summed E-state index contributed by atoms with van der Waals surface area (Å²) in [5.41, 5.74) is 8.01. The maximum Gasteiger partial charge on any atom is 0.222 e. The molecule has 21 heavy (non-hydrogen) atoms. The largest absolute Gasteiger partial charge is 0.345 e. The van der Waals surface area contributed by atoms with Crippen LogP contribution in [0, 0.1) is 0 Å². The standard InChI is InChI=1S/C18H22N2O/c1-2-16(19)13-17(21)20-18(14-9-5-3-6-10-14)15-11-7-4-8-12-15/h3-12,16,18H,2,13,19H2,1H3,(H,20,21). The normalized spacial score (nSPS) is 12.1. The second kappa shape index (κ2) is 7.60. The molecule has 1 unspecified atom stereocenters. The van der Waals surface area contributed by atoms with Gasteiger partial charge in [0, 0.05) is 12.5 Å². The molecule has 3 nitrogen and oxygen atoms in total. The van der Waals surface area contributed by atoms with Gasteiger partial charge in [-0.15, -0.1) is 0 Å². The van der Waals surface area contributed by atoms with Gasteiger partial charge in [-0.2, -0.15) is 0 Å². The Morgan fingerprint density at radius 3 is 1.90 bits per heavy atom. The van der Waals surface area contributed by atoms with Crippen molar-refractivity contribution in [3.8, 4) is 0 Å². The van der Waals surface area contributed by atoms with Crippen LogP contribution in [0.5, 0.6) is 0 Å². The van der Waals surface area contributed by atoms with Gasteiger partial charge in [0.25, 0.3) is 0 Å². The van der Waals surface area contributed by atoms with E-state index in [0.717, 1.165) is 17.5 Å². The number of benzene rings is 2. The number of nitrogens with one attached hydrogen (secondary N) is 1. The van der Waals surface area contributed by atoms with Gasteiger partial charge >= 0.3 is 0 Å². The van der Waals surface area contributed by atoms with Crippen molar-refractivity contribution in [2.45, 2.75) is 31.8 Å². The van der Waals surface area contributed by atoms with Crippen LogP contribution in [0.3, 0.4) is 0 Å². The Labute approximate surface area is 126 Å². The van der Waals surface area contributed by atoms with Crippen LogP contribution in [0.25, 0.3) is 0 Å². The third-order valence-corrected chi connectivity index (χ3v) is 3.54. The highest BCUT2D eigenvalue weighted by Gasteiger charge is 2.17. The van der Waals surface area contributed by atoms with Crippen molar-refractivity contribution in [1.82, 2.24) is 5.32 Å². The highest BCUT2D eigenvalue weighted by atomic mass is 16.1. The Morgan fingerprint density at radius 1 is 1.00 bits per heavy atom. The Morgan fingerprint density at radius 2 is 1.48 bits per heavy atom. The summed E-state index contributed by atoms with van der Waals surface area (Å²) >= 11 is 0. The fourth-order valence-corrected chi connectivity index (χ4v) is 2.25. The van der Waals surface area contributed by atoms with E-state index in [4.69, 9.17) is 5.73 Å². The molecule has 3 heteroatoms. The predicted octanol–water partition coefficient (Wildman–Crippen LogP) is 3.02. The molecular weight excluding hydrogens is 260 g/mol. The van der Waals surface area contributed by atoms with Gasteiger partial charge in [-0.3, -0.25) is 4.79 Å². The number of carbonyl (C=O) groups is 1. The summed E-state index contributed by atoms with van der Waals surface area (Å²) in [4.78, 5) is 12.2. The second-order valence-corrected chi connectivity index (χ2v) is 5.19. The first-order valence-corrected chi connectivity index (χ1v) is 7.35. The molecule has 0 spiro atoms. The first-order chi connectivity index (χ1) is 10.2. The molecule has 0 heterocycles. The summed E-state index contributed by atoms with van der Waals surface area (Å²) in [5.74, 6) is -0.0120. The van der Waals surface area contributed by atoms with Crippen molar-refractivity contribution < 1.29 is 4.79 Å². The van der Waals surface area contributed by atoms with E-state index in [0.29, 0.717) is 6.42 Å². The second-order valence-electron chi connectivity index (χ2n) is 5.19. The molecule has 2 rings (SSSR count). The highest BCUT2D eigenvalue weighted by Crippen LogP contribution is 2.21. The molecule has 0 aromatic heterocycles. The summed E-state index contributed by atoms with van der Waals surface area (Å²) < 4.78 is 0. The Kier molecular flexibility index (Phi) is 5.52. The smallest absolute Gasteiger partial charge is 0.222 e. The molecule has 0 aliphatic heterocycles. The molecule has 2 aromatic rings. The average Bonchev–Trinajstić information content (AvgIpc) is 2.54. The van der Waals surface area contributed by atoms with E-state index in [1.807, 2.05) is 67.6 Å². The molecule has 110 valence electrons. The van der Waals surface area contributed by atoms with E-state index in [9.17, 15) is 4.79 Å². The minimum atomic E-state index is -0.135. The summed E-state index contributed by atoms with van der Waals surface area (Å²) in [6.45, 7) is 1.99. The monoisotopic (exact) mass is 282 g/mol. The first kappa shape index (κ1) is 15.3. The molecular formula is C18H22N2O. The molecule has 0 radical (unpaired) electrons. The number of amides is 1. The number of hydrogen-bond donors (Lipinski definition) is 2. The van der Waals surface area contributed by atoms with Gasteiger partial charge in [0.05, 0.1) is 6.04 Å². The van der Waals surface area contributed by atoms with Crippen molar-refractivity contribution >= 4 is 5.91 Å². The Balaban J connectivity index is 2.19. The maximum atomic E-state index is 12.2.